The van der Waals surface area contributed by atoms with Gasteiger partial charge in [0.1, 0.15) is 0 Å². The molecular weight excluding hydrogens is 110 g/mol. The third-order valence-electron chi connectivity index (χ3n) is 0.933. The Labute approximate surface area is 56.6 Å². The second-order valence-corrected chi connectivity index (χ2v) is 1.79. The van der Waals surface area contributed by atoms with Crippen LogP contribution < -0.4 is 5.73 Å². The van der Waals surface area contributed by atoms with Crippen LogP contribution in [0.5, 0.6) is 0 Å². The molecule has 1 heteroatoms. The Kier molecular flexibility index (Phi) is 4.83. The summed E-state index contributed by atoms with van der Waals surface area (Å²) in [6.07, 6.45) is 6.36. The highest BCUT2D eigenvalue weighted by Gasteiger charge is 1.81. The van der Waals surface area contributed by atoms with Gasteiger partial charge < -0.3 is 5.73 Å². The van der Waals surface area contributed by atoms with Crippen molar-refractivity contribution in [2.75, 3.05) is 6.54 Å². The molecule has 0 aliphatic carbocycles. The van der Waals surface area contributed by atoms with Gasteiger partial charge in [-0.3, -0.25) is 0 Å². The van der Waals surface area contributed by atoms with E-state index in [2.05, 4.69) is 13.2 Å². The molecule has 50 valence electrons. The minimum atomic E-state index is 0.667. The smallest absolute Gasteiger partial charge is 0.00369 e. The number of nitrogens with two attached hydrogens (primary N) is 1. The summed E-state index contributed by atoms with van der Waals surface area (Å²) in [5.74, 6) is 0. The van der Waals surface area contributed by atoms with Gasteiger partial charge in [0, 0.05) is 0 Å². The molecule has 0 atom stereocenters. The van der Waals surface area contributed by atoms with E-state index < -0.39 is 0 Å². The van der Waals surface area contributed by atoms with E-state index in [0.29, 0.717) is 6.54 Å². The molecule has 0 spiro atoms. The Morgan fingerprint density at radius 3 is 2.67 bits per heavy atom. The van der Waals surface area contributed by atoms with E-state index >= 15 is 0 Å². The quantitative estimate of drug-likeness (QED) is 0.565. The summed E-state index contributed by atoms with van der Waals surface area (Å²) in [6.45, 7) is 7.97. The molecule has 2 N–H and O–H groups in total. The van der Waals surface area contributed by atoms with Crippen molar-refractivity contribution in [2.24, 2.45) is 5.73 Å². The van der Waals surface area contributed by atoms with Gasteiger partial charge in [0.2, 0.25) is 0 Å². The van der Waals surface area contributed by atoms with Crippen LogP contribution >= 0.6 is 0 Å². The second-order valence-electron chi connectivity index (χ2n) is 1.79. The lowest BCUT2D eigenvalue weighted by molar-refractivity contribution is 0.977. The highest BCUT2D eigenvalue weighted by molar-refractivity contribution is 5.17. The Balaban J connectivity index is 3.49. The van der Waals surface area contributed by atoms with Gasteiger partial charge in [-0.05, 0) is 13.0 Å². The maximum atomic E-state index is 5.28. The molecule has 0 unspecified atom stereocenters. The summed E-state index contributed by atoms with van der Waals surface area (Å²) >= 11 is 0. The van der Waals surface area contributed by atoms with Crippen molar-refractivity contribution in [2.45, 2.75) is 6.42 Å². The summed E-state index contributed by atoms with van der Waals surface area (Å²) in [4.78, 5) is 0. The van der Waals surface area contributed by atoms with Gasteiger partial charge in [0.25, 0.3) is 0 Å². The largest absolute Gasteiger partial charge is 0.330 e. The molecule has 0 aromatic rings. The van der Waals surface area contributed by atoms with E-state index in [4.69, 9.17) is 5.73 Å². The zero-order chi connectivity index (χ0) is 7.11. The second kappa shape index (κ2) is 5.32. The van der Waals surface area contributed by atoms with Crippen LogP contribution in [0.1, 0.15) is 6.42 Å². The maximum Gasteiger partial charge on any atom is -0.00369 e. The molecule has 0 rings (SSSR count). The van der Waals surface area contributed by atoms with E-state index in [1.54, 1.807) is 6.08 Å². The highest BCUT2D eigenvalue weighted by atomic mass is 14.5. The first-order valence-electron chi connectivity index (χ1n) is 2.98. The van der Waals surface area contributed by atoms with Gasteiger partial charge in [-0.25, -0.2) is 0 Å². The number of rotatable bonds is 4. The molecule has 0 aliphatic rings. The first-order chi connectivity index (χ1) is 4.31. The molecule has 0 aromatic heterocycles. The van der Waals surface area contributed by atoms with E-state index in [0.717, 1.165) is 12.0 Å². The monoisotopic (exact) mass is 123 g/mol. The Morgan fingerprint density at radius 1 is 1.56 bits per heavy atom. The van der Waals surface area contributed by atoms with Crippen molar-refractivity contribution in [3.63, 3.8) is 0 Å². The maximum absolute atomic E-state index is 5.28. The van der Waals surface area contributed by atoms with Crippen molar-refractivity contribution in [3.8, 4) is 0 Å². The predicted molar refractivity (Wildman–Crippen MR) is 42.1 cm³/mol. The van der Waals surface area contributed by atoms with Crippen LogP contribution in [-0.4, -0.2) is 6.54 Å². The summed E-state index contributed by atoms with van der Waals surface area (Å²) in [5.41, 5.74) is 6.33. The van der Waals surface area contributed by atoms with Crippen molar-refractivity contribution in [3.05, 3.63) is 37.0 Å². The van der Waals surface area contributed by atoms with Crippen molar-refractivity contribution in [1.29, 1.82) is 0 Å². The third kappa shape index (κ3) is 5.04. The fourth-order valence-electron chi connectivity index (χ4n) is 0.473. The first kappa shape index (κ1) is 8.18. The lowest BCUT2D eigenvalue weighted by atomic mass is 10.2. The lowest BCUT2D eigenvalue weighted by Gasteiger charge is -1.91. The molecule has 1 nitrogen and oxygen atoms in total. The number of allylic oxidation sites excluding steroid dienone is 3. The van der Waals surface area contributed by atoms with E-state index in [-0.39, 0.29) is 0 Å². The van der Waals surface area contributed by atoms with Crippen LogP contribution in [0.25, 0.3) is 0 Å². The molecule has 0 radical (unpaired) electrons. The fraction of sp³-hybridized carbons (Fsp3) is 0.250. The SMILES string of the molecule is C=C/C=C\C(=C)CCN. The summed E-state index contributed by atoms with van der Waals surface area (Å²) in [6, 6.07) is 0. The Hall–Kier alpha value is -0.820. The molecule has 0 fully saturated rings. The van der Waals surface area contributed by atoms with E-state index in [1.165, 1.54) is 0 Å². The van der Waals surface area contributed by atoms with Crippen LogP contribution in [0.3, 0.4) is 0 Å². The van der Waals surface area contributed by atoms with Crippen LogP contribution in [0.15, 0.2) is 37.0 Å². The van der Waals surface area contributed by atoms with Crippen LogP contribution in [-0.2, 0) is 0 Å². The van der Waals surface area contributed by atoms with Gasteiger partial charge in [-0.2, -0.15) is 0 Å². The summed E-state index contributed by atoms with van der Waals surface area (Å²) in [5, 5.41) is 0. The van der Waals surface area contributed by atoms with Gasteiger partial charge in [0.05, 0.1) is 0 Å². The van der Waals surface area contributed by atoms with Gasteiger partial charge >= 0.3 is 0 Å². The number of hydrogen-bond donors (Lipinski definition) is 1. The molecule has 9 heavy (non-hydrogen) atoms. The molecule has 0 saturated carbocycles. The normalized spacial score (nSPS) is 9.89. The standard InChI is InChI=1S/C8H13N/c1-3-4-5-8(2)6-7-9/h3-5H,1-2,6-7,9H2/b5-4-. The van der Waals surface area contributed by atoms with Crippen LogP contribution in [0.4, 0.5) is 0 Å². The van der Waals surface area contributed by atoms with E-state index in [1.807, 2.05) is 12.2 Å². The zero-order valence-electron chi connectivity index (χ0n) is 5.64. The van der Waals surface area contributed by atoms with Crippen LogP contribution in [0.2, 0.25) is 0 Å². The summed E-state index contributed by atoms with van der Waals surface area (Å²) in [7, 11) is 0. The molecule has 0 aliphatic heterocycles. The Bertz CT molecular complexity index is 123. The van der Waals surface area contributed by atoms with Crippen molar-refractivity contribution >= 4 is 0 Å². The minimum absolute atomic E-state index is 0.667. The van der Waals surface area contributed by atoms with Crippen LogP contribution in [0, 0.1) is 0 Å². The van der Waals surface area contributed by atoms with Gasteiger partial charge in [-0.1, -0.05) is 37.0 Å². The number of hydrogen-bond acceptors (Lipinski definition) is 1. The van der Waals surface area contributed by atoms with Crippen molar-refractivity contribution in [1.82, 2.24) is 0 Å². The highest BCUT2D eigenvalue weighted by Crippen LogP contribution is 1.96. The van der Waals surface area contributed by atoms with E-state index in [9.17, 15) is 0 Å². The average molecular weight is 123 g/mol. The molecule has 0 aromatic carbocycles. The molecule has 0 heterocycles. The fourth-order valence-corrected chi connectivity index (χ4v) is 0.473. The van der Waals surface area contributed by atoms with Gasteiger partial charge in [-0.15, -0.1) is 0 Å². The first-order valence-corrected chi connectivity index (χ1v) is 2.98. The average Bonchev–Trinajstić information content (AvgIpc) is 1.85. The lowest BCUT2D eigenvalue weighted by Crippen LogP contribution is -1.97. The van der Waals surface area contributed by atoms with Gasteiger partial charge in [0.15, 0.2) is 0 Å². The zero-order valence-corrected chi connectivity index (χ0v) is 5.64. The minimum Gasteiger partial charge on any atom is -0.330 e. The Morgan fingerprint density at radius 2 is 2.22 bits per heavy atom. The molecule has 0 saturated heterocycles. The molecule has 0 amide bonds. The predicted octanol–water partition coefficient (Wildman–Crippen LogP) is 1.63. The topological polar surface area (TPSA) is 26.0 Å². The van der Waals surface area contributed by atoms with Crippen molar-refractivity contribution < 1.29 is 0 Å². The molecular formula is C8H13N. The third-order valence-corrected chi connectivity index (χ3v) is 0.933. The molecule has 0 bridgehead atoms. The summed E-state index contributed by atoms with van der Waals surface area (Å²) < 4.78 is 0.